The van der Waals surface area contributed by atoms with Crippen molar-refractivity contribution in [3.05, 3.63) is 0 Å². The molecule has 0 aliphatic heterocycles. The van der Waals surface area contributed by atoms with Crippen LogP contribution in [0.25, 0.3) is 0 Å². The zero-order valence-electron chi connectivity index (χ0n) is 10.9. The molecule has 0 radical (unpaired) electrons. The van der Waals surface area contributed by atoms with Crippen molar-refractivity contribution in [2.24, 2.45) is 10.9 Å². The second kappa shape index (κ2) is 7.20. The molecule has 1 aliphatic carbocycles. The van der Waals surface area contributed by atoms with E-state index in [0.29, 0.717) is 19.4 Å². The average Bonchev–Trinajstić information content (AvgIpc) is 2.62. The molecule has 0 aromatic heterocycles. The Bertz CT molecular complexity index is 297. The van der Waals surface area contributed by atoms with Gasteiger partial charge in [0, 0.05) is 6.61 Å². The van der Waals surface area contributed by atoms with Crippen LogP contribution in [0.5, 0.6) is 0 Å². The predicted octanol–water partition coefficient (Wildman–Crippen LogP) is 0.978. The molecule has 0 aromatic carbocycles. The molecule has 4 N–H and O–H groups in total. The third-order valence-corrected chi connectivity index (χ3v) is 3.37. The van der Waals surface area contributed by atoms with Crippen LogP contribution in [-0.4, -0.2) is 35.7 Å². The molecule has 1 amide bonds. The molecule has 18 heavy (non-hydrogen) atoms. The number of nitrogens with one attached hydrogen (secondary N) is 1. The Hall–Kier alpha value is -1.30. The van der Waals surface area contributed by atoms with Crippen LogP contribution < -0.4 is 11.1 Å². The topological polar surface area (TPSA) is 96.9 Å². The molecule has 1 fully saturated rings. The smallest absolute Gasteiger partial charge is 0.246 e. The maximum Gasteiger partial charge on any atom is 0.246 e. The summed E-state index contributed by atoms with van der Waals surface area (Å²) in [6.07, 6.45) is 5.57. The lowest BCUT2D eigenvalue weighted by atomic mass is 9.88. The van der Waals surface area contributed by atoms with Crippen LogP contribution in [0.2, 0.25) is 0 Å². The third-order valence-electron chi connectivity index (χ3n) is 3.37. The van der Waals surface area contributed by atoms with Crippen LogP contribution in [0.1, 0.15) is 45.4 Å². The highest BCUT2D eigenvalue weighted by Crippen LogP contribution is 2.27. The number of hydrogen-bond acceptors (Lipinski definition) is 4. The van der Waals surface area contributed by atoms with Gasteiger partial charge in [0.25, 0.3) is 0 Å². The lowest BCUT2D eigenvalue weighted by molar-refractivity contribution is -0.126. The summed E-state index contributed by atoms with van der Waals surface area (Å²) in [5, 5.41) is 14.9. The maximum absolute atomic E-state index is 11.8. The van der Waals surface area contributed by atoms with Gasteiger partial charge in [-0.15, -0.1) is 0 Å². The van der Waals surface area contributed by atoms with Gasteiger partial charge in [-0.2, -0.15) is 0 Å². The molecule has 0 spiro atoms. The molecule has 0 saturated heterocycles. The number of carbonyl (C=O) groups is 1. The van der Waals surface area contributed by atoms with Crippen LogP contribution in [0.15, 0.2) is 5.16 Å². The number of nitrogens with zero attached hydrogens (tertiary/aromatic N) is 1. The normalized spacial score (nSPS) is 20.2. The Labute approximate surface area is 108 Å². The van der Waals surface area contributed by atoms with Gasteiger partial charge >= 0.3 is 0 Å². The van der Waals surface area contributed by atoms with E-state index in [1.807, 2.05) is 6.92 Å². The van der Waals surface area contributed by atoms with Gasteiger partial charge in [-0.05, 0) is 19.8 Å². The summed E-state index contributed by atoms with van der Waals surface area (Å²) in [6.45, 7) is 2.33. The van der Waals surface area contributed by atoms with E-state index in [-0.39, 0.29) is 18.3 Å². The third kappa shape index (κ3) is 3.87. The quantitative estimate of drug-likeness (QED) is 0.225. The molecule has 0 unspecified atom stereocenters. The van der Waals surface area contributed by atoms with Crippen molar-refractivity contribution in [3.8, 4) is 0 Å². The Morgan fingerprint density at radius 1 is 1.39 bits per heavy atom. The Morgan fingerprint density at radius 3 is 2.50 bits per heavy atom. The van der Waals surface area contributed by atoms with E-state index in [9.17, 15) is 4.79 Å². The summed E-state index contributed by atoms with van der Waals surface area (Å²) in [4.78, 5) is 11.8. The summed E-state index contributed by atoms with van der Waals surface area (Å²) < 4.78 is 5.07. The maximum atomic E-state index is 11.8. The number of oxime groups is 1. The van der Waals surface area contributed by atoms with E-state index in [4.69, 9.17) is 15.7 Å². The molecule has 0 atom stereocenters. The lowest BCUT2D eigenvalue weighted by Crippen LogP contribution is -2.58. The van der Waals surface area contributed by atoms with E-state index in [1.165, 1.54) is 0 Å². The highest BCUT2D eigenvalue weighted by molar-refractivity contribution is 5.94. The molecule has 1 saturated carbocycles. The molecule has 104 valence electrons. The van der Waals surface area contributed by atoms with Crippen LogP contribution in [0, 0.1) is 0 Å². The molecular formula is C12H23N3O3. The van der Waals surface area contributed by atoms with Crippen LogP contribution >= 0.6 is 0 Å². The molecule has 0 aromatic rings. The van der Waals surface area contributed by atoms with E-state index in [2.05, 4.69) is 10.5 Å². The largest absolute Gasteiger partial charge is 0.409 e. The first-order valence-electron chi connectivity index (χ1n) is 6.51. The van der Waals surface area contributed by atoms with Crippen molar-refractivity contribution >= 4 is 11.7 Å². The number of carbonyl (C=O) groups excluding carboxylic acids is 1. The molecule has 6 heteroatoms. The summed E-state index contributed by atoms with van der Waals surface area (Å²) in [5.74, 6) is -0.125. The summed E-state index contributed by atoms with van der Waals surface area (Å²) in [6, 6.07) is 0. The number of ether oxygens (including phenoxy) is 1. The van der Waals surface area contributed by atoms with E-state index < -0.39 is 5.54 Å². The SMILES string of the molecule is CCOCC(=O)NC1(/C(N)=N/O)CCCCCC1. The minimum atomic E-state index is -0.709. The molecule has 1 rings (SSSR count). The van der Waals surface area contributed by atoms with Gasteiger partial charge in [-0.1, -0.05) is 30.8 Å². The van der Waals surface area contributed by atoms with Crippen LogP contribution in [0.4, 0.5) is 0 Å². The first kappa shape index (κ1) is 14.8. The van der Waals surface area contributed by atoms with Crippen LogP contribution in [0.3, 0.4) is 0 Å². The van der Waals surface area contributed by atoms with Gasteiger partial charge in [-0.25, -0.2) is 0 Å². The minimum Gasteiger partial charge on any atom is -0.409 e. The van der Waals surface area contributed by atoms with Crippen molar-refractivity contribution < 1.29 is 14.7 Å². The molecule has 6 nitrogen and oxygen atoms in total. The van der Waals surface area contributed by atoms with Gasteiger partial charge < -0.3 is 21.0 Å². The Kier molecular flexibility index (Phi) is 5.91. The summed E-state index contributed by atoms with van der Waals surface area (Å²) in [7, 11) is 0. The van der Waals surface area contributed by atoms with Crippen LogP contribution in [-0.2, 0) is 9.53 Å². The number of amides is 1. The average molecular weight is 257 g/mol. The van der Waals surface area contributed by atoms with Gasteiger partial charge in [0.15, 0.2) is 5.84 Å². The highest BCUT2D eigenvalue weighted by atomic mass is 16.5. The van der Waals surface area contributed by atoms with Crippen molar-refractivity contribution in [2.45, 2.75) is 51.0 Å². The lowest BCUT2D eigenvalue weighted by Gasteiger charge is -2.32. The number of amidine groups is 1. The fraction of sp³-hybridized carbons (Fsp3) is 0.833. The zero-order chi connectivity index (χ0) is 13.4. The molecule has 0 bridgehead atoms. The van der Waals surface area contributed by atoms with Crippen molar-refractivity contribution in [1.82, 2.24) is 5.32 Å². The Balaban J connectivity index is 2.73. The predicted molar refractivity (Wildman–Crippen MR) is 68.5 cm³/mol. The fourth-order valence-corrected chi connectivity index (χ4v) is 2.37. The van der Waals surface area contributed by atoms with Crippen molar-refractivity contribution in [2.75, 3.05) is 13.2 Å². The van der Waals surface area contributed by atoms with Crippen molar-refractivity contribution in [3.63, 3.8) is 0 Å². The summed E-state index contributed by atoms with van der Waals surface area (Å²) >= 11 is 0. The second-order valence-electron chi connectivity index (χ2n) is 4.67. The number of rotatable bonds is 5. The van der Waals surface area contributed by atoms with E-state index in [1.54, 1.807) is 0 Å². The van der Waals surface area contributed by atoms with E-state index >= 15 is 0 Å². The van der Waals surface area contributed by atoms with Crippen molar-refractivity contribution in [1.29, 1.82) is 0 Å². The standard InChI is InChI=1S/C12H23N3O3/c1-2-18-9-10(16)14-12(11(13)15-17)7-5-3-4-6-8-12/h17H,2-9H2,1H3,(H2,13,15)(H,14,16). The zero-order valence-corrected chi connectivity index (χ0v) is 10.9. The minimum absolute atomic E-state index is 0.0109. The molecular weight excluding hydrogens is 234 g/mol. The number of nitrogens with two attached hydrogens (primary N) is 1. The fourth-order valence-electron chi connectivity index (χ4n) is 2.37. The van der Waals surface area contributed by atoms with Gasteiger partial charge in [0.2, 0.25) is 5.91 Å². The molecule has 1 aliphatic rings. The highest BCUT2D eigenvalue weighted by Gasteiger charge is 2.37. The second-order valence-corrected chi connectivity index (χ2v) is 4.67. The summed E-state index contributed by atoms with van der Waals surface area (Å²) in [5.41, 5.74) is 5.06. The molecule has 0 heterocycles. The first-order chi connectivity index (χ1) is 8.64. The van der Waals surface area contributed by atoms with Gasteiger partial charge in [-0.3, -0.25) is 4.79 Å². The number of hydrogen-bond donors (Lipinski definition) is 3. The monoisotopic (exact) mass is 257 g/mol. The Morgan fingerprint density at radius 2 is 2.00 bits per heavy atom. The van der Waals surface area contributed by atoms with E-state index in [0.717, 1.165) is 25.7 Å². The van der Waals surface area contributed by atoms with Gasteiger partial charge in [0.05, 0.1) is 0 Å². The van der Waals surface area contributed by atoms with Gasteiger partial charge in [0.1, 0.15) is 12.1 Å². The first-order valence-corrected chi connectivity index (χ1v) is 6.51.